The summed E-state index contributed by atoms with van der Waals surface area (Å²) >= 11 is 0. The molecule has 0 atom stereocenters. The fraction of sp³-hybridized carbons (Fsp3) is 0.519. The van der Waals surface area contributed by atoms with Crippen LogP contribution in [0.1, 0.15) is 29.5 Å². The Morgan fingerprint density at radius 1 is 0.914 bits per heavy atom. The van der Waals surface area contributed by atoms with Gasteiger partial charge in [0.25, 0.3) is 0 Å². The minimum atomic E-state index is -3.52. The number of carbonyl (C=O) groups is 1. The minimum absolute atomic E-state index is 0.0907. The number of hydrogen-bond donors (Lipinski definition) is 0. The number of aryl methyl sites for hydroxylation is 2. The van der Waals surface area contributed by atoms with Crippen LogP contribution in [0.2, 0.25) is 0 Å². The molecule has 2 aromatic rings. The van der Waals surface area contributed by atoms with E-state index in [0.717, 1.165) is 56.0 Å². The van der Waals surface area contributed by atoms with Crippen molar-refractivity contribution in [2.45, 2.75) is 38.0 Å². The fourth-order valence-electron chi connectivity index (χ4n) is 4.90. The third-order valence-electron chi connectivity index (χ3n) is 7.48. The van der Waals surface area contributed by atoms with Gasteiger partial charge < -0.3 is 9.64 Å². The summed E-state index contributed by atoms with van der Waals surface area (Å²) in [4.78, 5) is 17.9. The maximum atomic E-state index is 13.1. The smallest absolute Gasteiger partial charge is 0.243 e. The number of carbonyl (C=O) groups excluding carboxylic acids is 1. The summed E-state index contributed by atoms with van der Waals surface area (Å²) in [7, 11) is -1.85. The molecule has 2 fully saturated rings. The molecular formula is C27H37N3O4S. The zero-order valence-electron chi connectivity index (χ0n) is 21.1. The van der Waals surface area contributed by atoms with Gasteiger partial charge in [-0.2, -0.15) is 4.31 Å². The molecule has 7 nitrogen and oxygen atoms in total. The summed E-state index contributed by atoms with van der Waals surface area (Å²) in [6.07, 6.45) is 2.15. The summed E-state index contributed by atoms with van der Waals surface area (Å²) in [6.45, 7) is 8.90. The summed E-state index contributed by atoms with van der Waals surface area (Å²) in [5.74, 6) is 0.963. The van der Waals surface area contributed by atoms with Crippen molar-refractivity contribution in [3.63, 3.8) is 0 Å². The number of rotatable bonds is 7. The molecule has 0 unspecified atom stereocenters. The third kappa shape index (κ3) is 6.05. The molecule has 1 amide bonds. The molecule has 0 N–H and O–H groups in total. The van der Waals surface area contributed by atoms with Gasteiger partial charge in [0, 0.05) is 51.7 Å². The lowest BCUT2D eigenvalue weighted by atomic mass is 9.96. The second-order valence-corrected chi connectivity index (χ2v) is 11.6. The van der Waals surface area contributed by atoms with Crippen molar-refractivity contribution in [1.82, 2.24) is 14.1 Å². The van der Waals surface area contributed by atoms with Crippen molar-refractivity contribution in [1.29, 1.82) is 0 Å². The molecule has 0 bridgehead atoms. The zero-order valence-corrected chi connectivity index (χ0v) is 21.9. The van der Waals surface area contributed by atoms with Crippen molar-refractivity contribution >= 4 is 15.9 Å². The van der Waals surface area contributed by atoms with Gasteiger partial charge in [-0.3, -0.25) is 9.69 Å². The largest absolute Gasteiger partial charge is 0.497 e. The molecule has 190 valence electrons. The minimum Gasteiger partial charge on any atom is -0.497 e. The first kappa shape index (κ1) is 25.7. The summed E-state index contributed by atoms with van der Waals surface area (Å²) in [5, 5.41) is 0. The van der Waals surface area contributed by atoms with E-state index in [1.807, 2.05) is 36.9 Å². The first-order chi connectivity index (χ1) is 16.8. The number of piperidine rings is 1. The third-order valence-corrected chi connectivity index (χ3v) is 9.37. The normalized spacial score (nSPS) is 18.5. The van der Waals surface area contributed by atoms with Crippen LogP contribution in [0.5, 0.6) is 5.75 Å². The number of methoxy groups -OCH3 is 1. The summed E-state index contributed by atoms with van der Waals surface area (Å²) < 4.78 is 32.9. The van der Waals surface area contributed by atoms with Gasteiger partial charge in [-0.15, -0.1) is 0 Å². The van der Waals surface area contributed by atoms with Crippen LogP contribution in [-0.2, 0) is 21.2 Å². The highest BCUT2D eigenvalue weighted by Crippen LogP contribution is 2.26. The van der Waals surface area contributed by atoms with E-state index in [0.29, 0.717) is 30.8 Å². The van der Waals surface area contributed by atoms with E-state index in [1.54, 1.807) is 19.2 Å². The van der Waals surface area contributed by atoms with Gasteiger partial charge in [0.15, 0.2) is 0 Å². The Labute approximate surface area is 209 Å². The Hall–Kier alpha value is -2.42. The number of amides is 1. The van der Waals surface area contributed by atoms with E-state index < -0.39 is 10.0 Å². The molecule has 0 radical (unpaired) electrons. The van der Waals surface area contributed by atoms with Crippen molar-refractivity contribution in [2.24, 2.45) is 5.92 Å². The molecule has 2 aliphatic rings. The highest BCUT2D eigenvalue weighted by molar-refractivity contribution is 7.89. The van der Waals surface area contributed by atoms with Gasteiger partial charge in [0.1, 0.15) is 5.75 Å². The Balaban J connectivity index is 1.23. The van der Waals surface area contributed by atoms with E-state index in [4.69, 9.17) is 4.74 Å². The number of nitrogens with zero attached hydrogens (tertiary/aromatic N) is 3. The van der Waals surface area contributed by atoms with Crippen molar-refractivity contribution in [2.75, 3.05) is 52.9 Å². The average Bonchev–Trinajstić information content (AvgIpc) is 2.89. The van der Waals surface area contributed by atoms with Crippen molar-refractivity contribution in [3.05, 3.63) is 59.2 Å². The van der Waals surface area contributed by atoms with Gasteiger partial charge in [-0.05, 0) is 74.1 Å². The Morgan fingerprint density at radius 2 is 1.57 bits per heavy atom. The molecule has 8 heteroatoms. The molecule has 0 aliphatic carbocycles. The van der Waals surface area contributed by atoms with Gasteiger partial charge in [-0.25, -0.2) is 8.42 Å². The number of ether oxygens (including phenoxy) is 1. The number of benzene rings is 2. The van der Waals surface area contributed by atoms with Gasteiger partial charge in [-0.1, -0.05) is 18.2 Å². The molecule has 2 aliphatic heterocycles. The van der Waals surface area contributed by atoms with Crippen LogP contribution in [-0.4, -0.2) is 81.4 Å². The van der Waals surface area contributed by atoms with Gasteiger partial charge in [0.05, 0.1) is 12.0 Å². The predicted octanol–water partition coefficient (Wildman–Crippen LogP) is 3.10. The topological polar surface area (TPSA) is 70.2 Å². The van der Waals surface area contributed by atoms with Crippen LogP contribution in [0.4, 0.5) is 0 Å². The van der Waals surface area contributed by atoms with Crippen LogP contribution >= 0.6 is 0 Å². The van der Waals surface area contributed by atoms with Crippen LogP contribution in [0.25, 0.3) is 0 Å². The van der Waals surface area contributed by atoms with Crippen LogP contribution < -0.4 is 4.74 Å². The van der Waals surface area contributed by atoms with E-state index in [1.165, 1.54) is 9.87 Å². The number of piperazine rings is 1. The molecular weight excluding hydrogens is 462 g/mol. The fourth-order valence-corrected chi connectivity index (χ4v) is 6.45. The van der Waals surface area contributed by atoms with Gasteiger partial charge in [0.2, 0.25) is 15.9 Å². The quantitative estimate of drug-likeness (QED) is 0.586. The zero-order chi connectivity index (χ0) is 25.0. The summed E-state index contributed by atoms with van der Waals surface area (Å²) in [5.41, 5.74) is 3.33. The van der Waals surface area contributed by atoms with Crippen LogP contribution in [0.3, 0.4) is 0 Å². The van der Waals surface area contributed by atoms with E-state index >= 15 is 0 Å². The maximum Gasteiger partial charge on any atom is 0.243 e. The second kappa shape index (κ2) is 11.1. The lowest BCUT2D eigenvalue weighted by molar-refractivity contribution is -0.138. The maximum absolute atomic E-state index is 13.1. The van der Waals surface area contributed by atoms with E-state index in [2.05, 4.69) is 17.0 Å². The highest BCUT2D eigenvalue weighted by atomic mass is 32.2. The molecule has 2 saturated heterocycles. The lowest BCUT2D eigenvalue weighted by Gasteiger charge is -2.38. The average molecular weight is 500 g/mol. The van der Waals surface area contributed by atoms with E-state index in [-0.39, 0.29) is 11.8 Å². The second-order valence-electron chi connectivity index (χ2n) is 9.69. The molecule has 0 aromatic heterocycles. The van der Waals surface area contributed by atoms with Crippen LogP contribution in [0.15, 0.2) is 47.4 Å². The molecule has 2 aromatic carbocycles. The molecule has 0 spiro atoms. The molecule has 2 heterocycles. The number of sulfonamides is 1. The van der Waals surface area contributed by atoms with Crippen molar-refractivity contribution in [3.8, 4) is 5.75 Å². The van der Waals surface area contributed by atoms with Gasteiger partial charge >= 0.3 is 0 Å². The van der Waals surface area contributed by atoms with Crippen molar-refractivity contribution < 1.29 is 17.9 Å². The first-order valence-electron chi connectivity index (χ1n) is 12.5. The standard InChI is InChI=1S/C27H37N3O4S/c1-21-4-9-26(20-22(21)2)35(32,33)30-14-11-24(12-15-30)27(31)29-18-16-28(17-19-29)13-10-23-5-7-25(34-3)8-6-23/h4-9,20,24H,10-19H2,1-3H3. The SMILES string of the molecule is COc1ccc(CCN2CCN(C(=O)C3CCN(S(=O)(=O)c4ccc(C)c(C)c4)CC3)CC2)cc1. The molecule has 0 saturated carbocycles. The molecule has 35 heavy (non-hydrogen) atoms. The predicted molar refractivity (Wildman–Crippen MR) is 137 cm³/mol. The Morgan fingerprint density at radius 3 is 2.17 bits per heavy atom. The lowest BCUT2D eigenvalue weighted by Crippen LogP contribution is -2.52. The highest BCUT2D eigenvalue weighted by Gasteiger charge is 2.34. The Kier molecular flexibility index (Phi) is 8.14. The molecule has 4 rings (SSSR count). The van der Waals surface area contributed by atoms with Crippen LogP contribution in [0, 0.1) is 19.8 Å². The van der Waals surface area contributed by atoms with E-state index in [9.17, 15) is 13.2 Å². The monoisotopic (exact) mass is 499 g/mol. The first-order valence-corrected chi connectivity index (χ1v) is 13.9. The summed E-state index contributed by atoms with van der Waals surface area (Å²) in [6, 6.07) is 13.5. The Bertz CT molecular complexity index is 1120. The number of hydrogen-bond acceptors (Lipinski definition) is 5.